The SMILES string of the molecule is CCOC(=O)c1ccc(Nc2nc3c4c(ccc3[nH]2)NC(=O)/C4=C\c2[nH]ccc2OC)cc1. The molecule has 0 spiro atoms. The number of aromatic amines is 2. The Morgan fingerprint density at radius 2 is 1.97 bits per heavy atom. The molecule has 5 rings (SSSR count). The van der Waals surface area contributed by atoms with Crippen molar-refractivity contribution in [2.75, 3.05) is 24.4 Å². The van der Waals surface area contributed by atoms with Gasteiger partial charge in [0.05, 0.1) is 41.8 Å². The highest BCUT2D eigenvalue weighted by atomic mass is 16.5. The van der Waals surface area contributed by atoms with E-state index < -0.39 is 0 Å². The zero-order chi connectivity index (χ0) is 22.9. The van der Waals surface area contributed by atoms with Crippen LogP contribution in [0.2, 0.25) is 0 Å². The highest BCUT2D eigenvalue weighted by Crippen LogP contribution is 2.39. The number of aromatic nitrogens is 3. The number of ether oxygens (including phenoxy) is 2. The van der Waals surface area contributed by atoms with Crippen molar-refractivity contribution in [3.05, 3.63) is 65.5 Å². The number of carbonyl (C=O) groups is 2. The lowest BCUT2D eigenvalue weighted by Gasteiger charge is -2.05. The molecule has 1 aliphatic rings. The quantitative estimate of drug-likeness (QED) is 0.260. The predicted octanol–water partition coefficient (Wildman–Crippen LogP) is 4.31. The molecule has 3 heterocycles. The molecule has 2 aromatic heterocycles. The van der Waals surface area contributed by atoms with Crippen molar-refractivity contribution >= 4 is 51.9 Å². The number of fused-ring (bicyclic) bond motifs is 3. The number of rotatable bonds is 6. The number of nitrogens with one attached hydrogen (secondary N) is 4. The first kappa shape index (κ1) is 20.4. The average molecular weight is 443 g/mol. The third-order valence-corrected chi connectivity index (χ3v) is 5.32. The van der Waals surface area contributed by atoms with E-state index in [0.717, 1.165) is 16.8 Å². The van der Waals surface area contributed by atoms with E-state index in [9.17, 15) is 9.59 Å². The minimum Gasteiger partial charge on any atom is -0.495 e. The lowest BCUT2D eigenvalue weighted by atomic mass is 10.0. The minimum atomic E-state index is -0.362. The van der Waals surface area contributed by atoms with Crippen LogP contribution in [-0.2, 0) is 9.53 Å². The molecule has 0 saturated carbocycles. The summed E-state index contributed by atoms with van der Waals surface area (Å²) in [5.41, 5.74) is 5.27. The van der Waals surface area contributed by atoms with Gasteiger partial charge in [0, 0.05) is 17.4 Å². The monoisotopic (exact) mass is 443 g/mol. The van der Waals surface area contributed by atoms with Crippen LogP contribution in [-0.4, -0.2) is 40.5 Å². The van der Waals surface area contributed by atoms with Gasteiger partial charge in [0.2, 0.25) is 5.95 Å². The number of methoxy groups -OCH3 is 1. The van der Waals surface area contributed by atoms with Crippen LogP contribution in [0, 0.1) is 0 Å². The Balaban J connectivity index is 1.48. The summed E-state index contributed by atoms with van der Waals surface area (Å²) in [5.74, 6) is 0.588. The first-order valence-corrected chi connectivity index (χ1v) is 10.4. The number of imidazole rings is 1. The summed E-state index contributed by atoms with van der Waals surface area (Å²) in [6.45, 7) is 2.09. The predicted molar refractivity (Wildman–Crippen MR) is 126 cm³/mol. The van der Waals surface area contributed by atoms with Gasteiger partial charge >= 0.3 is 5.97 Å². The maximum atomic E-state index is 12.7. The van der Waals surface area contributed by atoms with Crippen molar-refractivity contribution in [2.45, 2.75) is 6.92 Å². The third kappa shape index (κ3) is 3.69. The second kappa shape index (κ2) is 8.19. The fourth-order valence-corrected chi connectivity index (χ4v) is 3.80. The number of hydrogen-bond donors (Lipinski definition) is 4. The summed E-state index contributed by atoms with van der Waals surface area (Å²) < 4.78 is 10.4. The maximum absolute atomic E-state index is 12.7. The Hall–Kier alpha value is -4.53. The van der Waals surface area contributed by atoms with Crippen molar-refractivity contribution in [1.29, 1.82) is 0 Å². The molecule has 33 heavy (non-hydrogen) atoms. The van der Waals surface area contributed by atoms with Crippen molar-refractivity contribution in [3.63, 3.8) is 0 Å². The lowest BCUT2D eigenvalue weighted by Crippen LogP contribution is -2.04. The average Bonchev–Trinajstić information content (AvgIpc) is 3.51. The molecular formula is C24H21N5O4. The first-order chi connectivity index (χ1) is 16.1. The molecule has 9 heteroatoms. The van der Waals surface area contributed by atoms with Crippen LogP contribution in [0.15, 0.2) is 48.7 Å². The van der Waals surface area contributed by atoms with Crippen molar-refractivity contribution in [1.82, 2.24) is 15.0 Å². The van der Waals surface area contributed by atoms with E-state index in [-0.39, 0.29) is 11.9 Å². The van der Waals surface area contributed by atoms with Crippen LogP contribution >= 0.6 is 0 Å². The van der Waals surface area contributed by atoms with Crippen LogP contribution in [0.5, 0.6) is 5.75 Å². The number of carbonyl (C=O) groups excluding carboxylic acids is 2. The second-order valence-corrected chi connectivity index (χ2v) is 7.36. The smallest absolute Gasteiger partial charge is 0.338 e. The van der Waals surface area contributed by atoms with Crippen molar-refractivity contribution in [3.8, 4) is 5.75 Å². The minimum absolute atomic E-state index is 0.207. The molecule has 4 N–H and O–H groups in total. The Labute approximate surface area is 188 Å². The van der Waals surface area contributed by atoms with Gasteiger partial charge in [-0.15, -0.1) is 0 Å². The van der Waals surface area contributed by atoms with E-state index in [1.165, 1.54) is 0 Å². The first-order valence-electron chi connectivity index (χ1n) is 10.4. The van der Waals surface area contributed by atoms with Gasteiger partial charge in [-0.3, -0.25) is 4.79 Å². The van der Waals surface area contributed by atoms with E-state index in [0.29, 0.717) is 46.3 Å². The highest BCUT2D eigenvalue weighted by Gasteiger charge is 2.28. The zero-order valence-electron chi connectivity index (χ0n) is 18.0. The fourth-order valence-electron chi connectivity index (χ4n) is 3.80. The molecule has 0 aliphatic carbocycles. The molecule has 2 aromatic carbocycles. The van der Waals surface area contributed by atoms with Crippen LogP contribution in [0.4, 0.5) is 17.3 Å². The maximum Gasteiger partial charge on any atom is 0.338 e. The van der Waals surface area contributed by atoms with E-state index >= 15 is 0 Å². The summed E-state index contributed by atoms with van der Waals surface area (Å²) >= 11 is 0. The molecule has 1 aliphatic heterocycles. The zero-order valence-corrected chi connectivity index (χ0v) is 18.0. The molecule has 0 bridgehead atoms. The van der Waals surface area contributed by atoms with Gasteiger partial charge in [0.1, 0.15) is 11.3 Å². The summed E-state index contributed by atoms with van der Waals surface area (Å²) in [7, 11) is 1.58. The highest BCUT2D eigenvalue weighted by molar-refractivity contribution is 6.37. The van der Waals surface area contributed by atoms with Gasteiger partial charge in [-0.25, -0.2) is 9.78 Å². The molecule has 0 unspecified atom stereocenters. The standard InChI is InChI=1S/C24H21N5O4/c1-3-33-23(31)13-4-6-14(7-5-13)26-24-28-17-9-8-16-20(21(17)29-24)15(22(30)27-16)12-18-19(32-2)10-11-25-18/h4-12,25H,3H2,1-2H3,(H,27,30)(H2,26,28,29)/b15-12-. The number of benzene rings is 2. The molecule has 1 amide bonds. The second-order valence-electron chi connectivity index (χ2n) is 7.36. The number of anilines is 3. The third-order valence-electron chi connectivity index (χ3n) is 5.32. The molecule has 9 nitrogen and oxygen atoms in total. The number of hydrogen-bond acceptors (Lipinski definition) is 6. The summed E-state index contributed by atoms with van der Waals surface area (Å²) in [6.07, 6.45) is 3.51. The van der Waals surface area contributed by atoms with Gasteiger partial charge in [-0.2, -0.15) is 0 Å². The molecule has 0 radical (unpaired) electrons. The Kier molecular flexibility index (Phi) is 5.06. The Morgan fingerprint density at radius 1 is 1.15 bits per heavy atom. The summed E-state index contributed by atoms with van der Waals surface area (Å²) in [4.78, 5) is 35.6. The van der Waals surface area contributed by atoms with Gasteiger partial charge in [0.15, 0.2) is 0 Å². The molecule has 0 atom stereocenters. The largest absolute Gasteiger partial charge is 0.495 e. The van der Waals surface area contributed by atoms with Gasteiger partial charge < -0.3 is 30.1 Å². The van der Waals surface area contributed by atoms with Crippen LogP contribution < -0.4 is 15.4 Å². The number of nitrogens with zero attached hydrogens (tertiary/aromatic N) is 1. The number of esters is 1. The van der Waals surface area contributed by atoms with E-state index in [4.69, 9.17) is 14.5 Å². The summed E-state index contributed by atoms with van der Waals surface area (Å²) in [5, 5.41) is 6.10. The normalized spacial score (nSPS) is 13.8. The van der Waals surface area contributed by atoms with Crippen molar-refractivity contribution < 1.29 is 19.1 Å². The van der Waals surface area contributed by atoms with Gasteiger partial charge in [0.25, 0.3) is 5.91 Å². The number of H-pyrrole nitrogens is 2. The molecular weight excluding hydrogens is 422 g/mol. The molecule has 0 fully saturated rings. The van der Waals surface area contributed by atoms with Gasteiger partial charge in [-0.1, -0.05) is 0 Å². The Bertz CT molecular complexity index is 1400. The Morgan fingerprint density at radius 3 is 2.73 bits per heavy atom. The molecule has 166 valence electrons. The summed E-state index contributed by atoms with van der Waals surface area (Å²) in [6, 6.07) is 12.4. The molecule has 4 aromatic rings. The number of amides is 1. The van der Waals surface area contributed by atoms with Crippen LogP contribution in [0.1, 0.15) is 28.5 Å². The van der Waals surface area contributed by atoms with E-state index in [2.05, 4.69) is 20.6 Å². The van der Waals surface area contributed by atoms with E-state index in [1.54, 1.807) is 56.6 Å². The van der Waals surface area contributed by atoms with E-state index in [1.807, 2.05) is 12.1 Å². The van der Waals surface area contributed by atoms with Gasteiger partial charge in [-0.05, 0) is 55.5 Å². The lowest BCUT2D eigenvalue weighted by molar-refractivity contribution is -0.110. The molecule has 0 saturated heterocycles. The van der Waals surface area contributed by atoms with Crippen molar-refractivity contribution in [2.24, 2.45) is 0 Å². The topological polar surface area (TPSA) is 121 Å². The fraction of sp³-hybridized carbons (Fsp3) is 0.125. The van der Waals surface area contributed by atoms with Crippen LogP contribution in [0.25, 0.3) is 22.7 Å². The van der Waals surface area contributed by atoms with Crippen LogP contribution in [0.3, 0.4) is 0 Å².